The highest BCUT2D eigenvalue weighted by molar-refractivity contribution is 14.1. The molecular formula is C19H17F3INO3. The van der Waals surface area contributed by atoms with E-state index in [4.69, 9.17) is 4.74 Å². The number of hydrogen-bond acceptors (Lipinski definition) is 3. The molecular weight excluding hydrogens is 474 g/mol. The number of methoxy groups -OCH3 is 1. The second-order valence-electron chi connectivity index (χ2n) is 5.85. The first kappa shape index (κ1) is 21.2. The van der Waals surface area contributed by atoms with Crippen LogP contribution >= 0.6 is 22.6 Å². The van der Waals surface area contributed by atoms with Crippen molar-refractivity contribution in [3.05, 3.63) is 68.8 Å². The van der Waals surface area contributed by atoms with E-state index in [9.17, 15) is 22.8 Å². The lowest BCUT2D eigenvalue weighted by molar-refractivity contribution is -0.145. The molecule has 4 nitrogen and oxygen atoms in total. The highest BCUT2D eigenvalue weighted by Gasteiger charge is 2.30. The minimum Gasteiger partial charge on any atom is -0.467 e. The second kappa shape index (κ2) is 9.20. The molecule has 8 heteroatoms. The SMILES string of the molecule is COC(=O)[C@H](Cc1ccc(I)cc1)NC(=O)Cc1ccc(C(F)(F)F)cc1. The van der Waals surface area contributed by atoms with Crippen molar-refractivity contribution in [1.82, 2.24) is 5.32 Å². The van der Waals surface area contributed by atoms with Gasteiger partial charge in [0.2, 0.25) is 5.91 Å². The Morgan fingerprint density at radius 2 is 1.59 bits per heavy atom. The molecule has 2 rings (SSSR count). The van der Waals surface area contributed by atoms with Crippen LogP contribution in [0.5, 0.6) is 0 Å². The molecule has 0 spiro atoms. The molecule has 0 fully saturated rings. The normalized spacial score (nSPS) is 12.3. The molecule has 1 amide bonds. The second-order valence-corrected chi connectivity index (χ2v) is 7.09. The Morgan fingerprint density at radius 1 is 1.04 bits per heavy atom. The number of amides is 1. The first-order valence-corrected chi connectivity index (χ1v) is 9.04. The Labute approximate surface area is 168 Å². The topological polar surface area (TPSA) is 55.4 Å². The molecule has 0 aliphatic rings. The van der Waals surface area contributed by atoms with Crippen LogP contribution in [0.2, 0.25) is 0 Å². The summed E-state index contributed by atoms with van der Waals surface area (Å²) in [7, 11) is 1.23. The van der Waals surface area contributed by atoms with Gasteiger partial charge in [-0.3, -0.25) is 4.79 Å². The Morgan fingerprint density at radius 3 is 2.11 bits per heavy atom. The van der Waals surface area contributed by atoms with Crippen molar-refractivity contribution in [1.29, 1.82) is 0 Å². The van der Waals surface area contributed by atoms with E-state index in [1.165, 1.54) is 19.2 Å². The molecule has 0 radical (unpaired) electrons. The van der Waals surface area contributed by atoms with Crippen molar-refractivity contribution in [2.45, 2.75) is 25.1 Å². The van der Waals surface area contributed by atoms with Gasteiger partial charge < -0.3 is 10.1 Å². The number of nitrogens with one attached hydrogen (secondary N) is 1. The molecule has 0 aliphatic carbocycles. The molecule has 2 aromatic rings. The average molecular weight is 491 g/mol. The van der Waals surface area contributed by atoms with Crippen LogP contribution in [0.4, 0.5) is 13.2 Å². The smallest absolute Gasteiger partial charge is 0.416 e. The van der Waals surface area contributed by atoms with Crippen LogP contribution in [-0.4, -0.2) is 25.0 Å². The quantitative estimate of drug-likeness (QED) is 0.495. The Hall–Kier alpha value is -2.10. The van der Waals surface area contributed by atoms with Crippen LogP contribution < -0.4 is 5.32 Å². The summed E-state index contributed by atoms with van der Waals surface area (Å²) in [5, 5.41) is 2.59. The van der Waals surface area contributed by atoms with Gasteiger partial charge in [-0.2, -0.15) is 13.2 Å². The number of benzene rings is 2. The summed E-state index contributed by atoms with van der Waals surface area (Å²) in [6, 6.07) is 10.9. The molecule has 0 bridgehead atoms. The van der Waals surface area contributed by atoms with Gasteiger partial charge in [0.15, 0.2) is 0 Å². The van der Waals surface area contributed by atoms with E-state index in [1.54, 1.807) is 0 Å². The minimum atomic E-state index is -4.43. The van der Waals surface area contributed by atoms with Gasteiger partial charge in [-0.25, -0.2) is 4.79 Å². The molecule has 144 valence electrons. The van der Waals surface area contributed by atoms with Crippen molar-refractivity contribution in [2.75, 3.05) is 7.11 Å². The van der Waals surface area contributed by atoms with Gasteiger partial charge in [-0.15, -0.1) is 0 Å². The summed E-state index contributed by atoms with van der Waals surface area (Å²) in [5.41, 5.74) is 0.483. The zero-order valence-electron chi connectivity index (χ0n) is 14.3. The average Bonchev–Trinajstić information content (AvgIpc) is 2.62. The number of carbonyl (C=O) groups is 2. The molecule has 2 aromatic carbocycles. The predicted molar refractivity (Wildman–Crippen MR) is 102 cm³/mol. The monoisotopic (exact) mass is 491 g/mol. The lowest BCUT2D eigenvalue weighted by atomic mass is 10.0. The lowest BCUT2D eigenvalue weighted by Gasteiger charge is -2.17. The standard InChI is InChI=1S/C19H17F3INO3/c1-27-18(26)16(10-12-4-8-15(23)9-5-12)24-17(25)11-13-2-6-14(7-3-13)19(20,21)22/h2-9,16H,10-11H2,1H3,(H,24,25)/t16-/m0/s1. The zero-order valence-corrected chi connectivity index (χ0v) is 16.5. The van der Waals surface area contributed by atoms with Gasteiger partial charge in [0, 0.05) is 9.99 Å². The largest absolute Gasteiger partial charge is 0.467 e. The van der Waals surface area contributed by atoms with E-state index >= 15 is 0 Å². The first-order chi connectivity index (χ1) is 12.7. The maximum atomic E-state index is 12.6. The Balaban J connectivity index is 2.02. The first-order valence-electron chi connectivity index (χ1n) is 7.97. The minimum absolute atomic E-state index is 0.141. The Bertz CT molecular complexity index is 789. The van der Waals surface area contributed by atoms with E-state index in [0.717, 1.165) is 21.3 Å². The fourth-order valence-electron chi connectivity index (χ4n) is 2.43. The molecule has 27 heavy (non-hydrogen) atoms. The number of hydrogen-bond donors (Lipinski definition) is 1. The van der Waals surface area contributed by atoms with Crippen molar-refractivity contribution >= 4 is 34.5 Å². The third-order valence-electron chi connectivity index (χ3n) is 3.82. The van der Waals surface area contributed by atoms with E-state index in [-0.39, 0.29) is 12.8 Å². The van der Waals surface area contributed by atoms with Gasteiger partial charge in [-0.05, 0) is 58.0 Å². The third-order valence-corrected chi connectivity index (χ3v) is 4.54. The van der Waals surface area contributed by atoms with Crippen molar-refractivity contribution in [3.8, 4) is 0 Å². The van der Waals surface area contributed by atoms with Crippen molar-refractivity contribution < 1.29 is 27.5 Å². The van der Waals surface area contributed by atoms with E-state index in [0.29, 0.717) is 5.56 Å². The van der Waals surface area contributed by atoms with E-state index < -0.39 is 29.7 Å². The predicted octanol–water partition coefficient (Wildman–Crippen LogP) is 3.75. The summed E-state index contributed by atoms with van der Waals surface area (Å²) < 4.78 is 43.5. The molecule has 0 aromatic heterocycles. The number of ether oxygens (including phenoxy) is 1. The fraction of sp³-hybridized carbons (Fsp3) is 0.263. The highest BCUT2D eigenvalue weighted by atomic mass is 127. The van der Waals surface area contributed by atoms with Crippen molar-refractivity contribution in [3.63, 3.8) is 0 Å². The van der Waals surface area contributed by atoms with Gasteiger partial charge in [0.1, 0.15) is 6.04 Å². The molecule has 0 unspecified atom stereocenters. The third kappa shape index (κ3) is 6.53. The van der Waals surface area contributed by atoms with Crippen LogP contribution in [0.3, 0.4) is 0 Å². The molecule has 0 heterocycles. The molecule has 1 N–H and O–H groups in total. The summed E-state index contributed by atoms with van der Waals surface area (Å²) in [5.74, 6) is -1.06. The number of carbonyl (C=O) groups excluding carboxylic acids is 2. The Kier molecular flexibility index (Phi) is 7.23. The zero-order chi connectivity index (χ0) is 20.0. The van der Waals surface area contributed by atoms with Gasteiger partial charge >= 0.3 is 12.1 Å². The lowest BCUT2D eigenvalue weighted by Crippen LogP contribution is -2.43. The number of esters is 1. The summed E-state index contributed by atoms with van der Waals surface area (Å²) in [6.45, 7) is 0. The van der Waals surface area contributed by atoms with Crippen LogP contribution in [0, 0.1) is 3.57 Å². The number of rotatable bonds is 6. The maximum absolute atomic E-state index is 12.6. The maximum Gasteiger partial charge on any atom is 0.416 e. The van der Waals surface area contributed by atoms with Crippen LogP contribution in [0.1, 0.15) is 16.7 Å². The van der Waals surface area contributed by atoms with Crippen LogP contribution in [0.15, 0.2) is 48.5 Å². The number of halogens is 4. The summed E-state index contributed by atoms with van der Waals surface area (Å²) in [4.78, 5) is 24.2. The van der Waals surface area contributed by atoms with Crippen LogP contribution in [-0.2, 0) is 33.3 Å². The number of alkyl halides is 3. The molecule has 0 aliphatic heterocycles. The van der Waals surface area contributed by atoms with E-state index in [1.807, 2.05) is 24.3 Å². The molecule has 1 atom stereocenters. The fourth-order valence-corrected chi connectivity index (χ4v) is 2.79. The summed E-state index contributed by atoms with van der Waals surface area (Å²) in [6.07, 6.45) is -4.31. The molecule has 0 saturated heterocycles. The van der Waals surface area contributed by atoms with Crippen molar-refractivity contribution in [2.24, 2.45) is 0 Å². The molecule has 0 saturated carbocycles. The van der Waals surface area contributed by atoms with Gasteiger partial charge in [-0.1, -0.05) is 24.3 Å². The van der Waals surface area contributed by atoms with Gasteiger partial charge in [0.05, 0.1) is 19.1 Å². The highest BCUT2D eigenvalue weighted by Crippen LogP contribution is 2.29. The van der Waals surface area contributed by atoms with Crippen LogP contribution in [0.25, 0.3) is 0 Å². The summed E-state index contributed by atoms with van der Waals surface area (Å²) >= 11 is 2.16. The van der Waals surface area contributed by atoms with Gasteiger partial charge in [0.25, 0.3) is 0 Å². The van der Waals surface area contributed by atoms with E-state index in [2.05, 4.69) is 27.9 Å².